The van der Waals surface area contributed by atoms with Crippen molar-refractivity contribution in [3.63, 3.8) is 0 Å². The molecule has 2 saturated heterocycles. The minimum atomic E-state index is -0.489. The van der Waals surface area contributed by atoms with Gasteiger partial charge in [0, 0.05) is 43.7 Å². The van der Waals surface area contributed by atoms with Crippen LogP contribution < -0.4 is 15.4 Å². The number of anilines is 1. The molecule has 2 aromatic carbocycles. The van der Waals surface area contributed by atoms with E-state index >= 15 is 0 Å². The van der Waals surface area contributed by atoms with E-state index in [9.17, 15) is 4.79 Å². The van der Waals surface area contributed by atoms with Gasteiger partial charge in [-0.2, -0.15) is 0 Å². The average molecular weight is 675 g/mol. The number of rotatable bonds is 10. The summed E-state index contributed by atoms with van der Waals surface area (Å²) in [5, 5.41) is 4.27. The molecular weight excluding hydrogens is 629 g/mol. The molecule has 11 heteroatoms. The Kier molecular flexibility index (Phi) is 11.5. The third-order valence-electron chi connectivity index (χ3n) is 8.37. The average Bonchev–Trinajstić information content (AvgIpc) is 3.52. The molecule has 3 aromatic rings. The molecule has 5 rings (SSSR count). The first-order chi connectivity index (χ1) is 21.6. The molecule has 45 heavy (non-hydrogen) atoms. The molecule has 244 valence electrons. The largest absolute Gasteiger partial charge is 0.490 e. The maximum Gasteiger partial charge on any atom is 0.410 e. The molecule has 2 N–H and O–H groups in total. The number of piperazine rings is 1. The van der Waals surface area contributed by atoms with Crippen LogP contribution in [0.4, 0.5) is 9.93 Å². The van der Waals surface area contributed by atoms with Gasteiger partial charge in [-0.1, -0.05) is 29.3 Å². The highest BCUT2D eigenvalue weighted by Gasteiger charge is 2.29. The lowest BCUT2D eigenvalue weighted by Gasteiger charge is -2.36. The number of nitrogens with zero attached hydrogens (tertiary/aromatic N) is 4. The van der Waals surface area contributed by atoms with Crippen LogP contribution in [0.15, 0.2) is 47.8 Å². The van der Waals surface area contributed by atoms with Crippen LogP contribution in [0.25, 0.3) is 11.3 Å². The number of halogens is 2. The first-order valence-electron chi connectivity index (χ1n) is 15.9. The molecule has 2 fully saturated rings. The van der Waals surface area contributed by atoms with Gasteiger partial charge in [0.05, 0.1) is 15.7 Å². The van der Waals surface area contributed by atoms with Crippen LogP contribution in [-0.2, 0) is 11.3 Å². The van der Waals surface area contributed by atoms with Crippen LogP contribution >= 0.6 is 34.5 Å². The van der Waals surface area contributed by atoms with E-state index in [1.165, 1.54) is 5.56 Å². The molecule has 1 aromatic heterocycles. The predicted octanol–water partition coefficient (Wildman–Crippen LogP) is 7.57. The van der Waals surface area contributed by atoms with Crippen LogP contribution in [0.3, 0.4) is 0 Å². The Labute approximate surface area is 281 Å². The molecular formula is C34H45Cl2N5O3S. The maximum absolute atomic E-state index is 12.4. The summed E-state index contributed by atoms with van der Waals surface area (Å²) in [4.78, 5) is 23.8. The first-order valence-corrected chi connectivity index (χ1v) is 17.5. The molecule has 2 aliphatic heterocycles. The SMILES string of the molecule is CC(C)(C)OC(=O)N1CCN(c2nc(-c3ccc(OC(CCCN)C4CCN(Cc5ccc(Cl)c(Cl)c5)CC4)cc3)cs2)CC1. The highest BCUT2D eigenvalue weighted by atomic mass is 35.5. The van der Waals surface area contributed by atoms with Crippen molar-refractivity contribution in [2.75, 3.05) is 50.7 Å². The molecule has 1 unspecified atom stereocenters. The summed E-state index contributed by atoms with van der Waals surface area (Å²) in [6, 6.07) is 14.2. The number of carbonyl (C=O) groups excluding carboxylic acids is 1. The fourth-order valence-electron chi connectivity index (χ4n) is 5.92. The molecule has 0 bridgehead atoms. The smallest absolute Gasteiger partial charge is 0.410 e. The summed E-state index contributed by atoms with van der Waals surface area (Å²) in [5.41, 5.74) is 8.60. The molecule has 3 heterocycles. The lowest BCUT2D eigenvalue weighted by molar-refractivity contribution is 0.0240. The standard InChI is InChI=1S/C34H45Cl2N5O3S/c1-34(2,3)44-33(42)41-19-17-40(18-20-41)32-38-30(23-45-32)25-7-9-27(10-8-25)43-31(5-4-14-37)26-12-15-39(16-13-26)22-24-6-11-28(35)29(36)21-24/h6-11,21,23,26,31H,4-5,12-20,22,37H2,1-3H3. The molecule has 0 spiro atoms. The van der Waals surface area contributed by atoms with Crippen LogP contribution in [0.2, 0.25) is 10.0 Å². The van der Waals surface area contributed by atoms with Crippen molar-refractivity contribution in [1.82, 2.24) is 14.8 Å². The summed E-state index contributed by atoms with van der Waals surface area (Å²) in [5.74, 6) is 1.37. The number of hydrogen-bond acceptors (Lipinski definition) is 8. The van der Waals surface area contributed by atoms with Crippen molar-refractivity contribution in [2.24, 2.45) is 11.7 Å². The molecule has 0 aliphatic carbocycles. The van der Waals surface area contributed by atoms with Crippen LogP contribution in [0.1, 0.15) is 52.0 Å². The van der Waals surface area contributed by atoms with E-state index in [1.807, 2.05) is 32.9 Å². The second-order valence-electron chi connectivity index (χ2n) is 12.9. The number of thiazole rings is 1. The van der Waals surface area contributed by atoms with E-state index in [-0.39, 0.29) is 12.2 Å². The van der Waals surface area contributed by atoms with Crippen molar-refractivity contribution in [2.45, 2.75) is 64.7 Å². The highest BCUT2D eigenvalue weighted by molar-refractivity contribution is 7.14. The molecule has 0 radical (unpaired) electrons. The van der Waals surface area contributed by atoms with Gasteiger partial charge in [0.15, 0.2) is 5.13 Å². The summed E-state index contributed by atoms with van der Waals surface area (Å²) < 4.78 is 12.1. The van der Waals surface area contributed by atoms with Gasteiger partial charge < -0.3 is 25.0 Å². The topological polar surface area (TPSA) is 84.2 Å². The monoisotopic (exact) mass is 673 g/mol. The van der Waals surface area contributed by atoms with E-state index in [0.717, 1.165) is 80.5 Å². The minimum absolute atomic E-state index is 0.136. The number of hydrogen-bond donors (Lipinski definition) is 1. The number of ether oxygens (including phenoxy) is 2. The van der Waals surface area contributed by atoms with Gasteiger partial charge in [-0.05, 0) is 114 Å². The zero-order valence-electron chi connectivity index (χ0n) is 26.5. The molecule has 2 aliphatic rings. The summed E-state index contributed by atoms with van der Waals surface area (Å²) in [7, 11) is 0. The van der Waals surface area contributed by atoms with Crippen molar-refractivity contribution in [3.8, 4) is 17.0 Å². The Balaban J connectivity index is 1.13. The van der Waals surface area contributed by atoms with Crippen molar-refractivity contribution in [3.05, 3.63) is 63.5 Å². The Morgan fingerprint density at radius 1 is 1.02 bits per heavy atom. The number of piperidine rings is 1. The number of benzene rings is 2. The lowest BCUT2D eigenvalue weighted by atomic mass is 9.88. The fourth-order valence-corrected chi connectivity index (χ4v) is 7.13. The third kappa shape index (κ3) is 9.48. The van der Waals surface area contributed by atoms with Crippen molar-refractivity contribution < 1.29 is 14.3 Å². The molecule has 1 atom stereocenters. The Bertz CT molecular complexity index is 1400. The van der Waals surface area contributed by atoms with E-state index in [1.54, 1.807) is 16.2 Å². The first kappa shape index (κ1) is 33.8. The van der Waals surface area contributed by atoms with Crippen molar-refractivity contribution >= 4 is 45.8 Å². The normalized spacial score (nSPS) is 17.4. The number of aromatic nitrogens is 1. The second-order valence-corrected chi connectivity index (χ2v) is 14.6. The Hall–Kier alpha value is -2.56. The van der Waals surface area contributed by atoms with Gasteiger partial charge in [-0.3, -0.25) is 4.90 Å². The Morgan fingerprint density at radius 3 is 2.38 bits per heavy atom. The van der Waals surface area contributed by atoms with Crippen LogP contribution in [-0.4, -0.2) is 78.4 Å². The fraction of sp³-hybridized carbons (Fsp3) is 0.529. The van der Waals surface area contributed by atoms with Crippen LogP contribution in [0.5, 0.6) is 5.75 Å². The number of amides is 1. The minimum Gasteiger partial charge on any atom is -0.490 e. The quantitative estimate of drug-likeness (QED) is 0.238. The zero-order chi connectivity index (χ0) is 32.0. The number of nitrogens with two attached hydrogens (primary N) is 1. The summed E-state index contributed by atoms with van der Waals surface area (Å²) >= 11 is 14.0. The lowest BCUT2D eigenvalue weighted by Crippen LogP contribution is -2.50. The molecule has 0 saturated carbocycles. The predicted molar refractivity (Wildman–Crippen MR) is 185 cm³/mol. The van der Waals surface area contributed by atoms with Gasteiger partial charge in [0.1, 0.15) is 17.5 Å². The van der Waals surface area contributed by atoms with Crippen LogP contribution in [0, 0.1) is 5.92 Å². The van der Waals surface area contributed by atoms with Gasteiger partial charge in [0.25, 0.3) is 0 Å². The summed E-state index contributed by atoms with van der Waals surface area (Å²) in [6.45, 7) is 12.0. The summed E-state index contributed by atoms with van der Waals surface area (Å²) in [6.07, 6.45) is 3.95. The van der Waals surface area contributed by atoms with E-state index in [0.29, 0.717) is 35.6 Å². The van der Waals surface area contributed by atoms with E-state index in [2.05, 4.69) is 45.5 Å². The van der Waals surface area contributed by atoms with E-state index in [4.69, 9.17) is 43.4 Å². The number of likely N-dealkylation sites (tertiary alicyclic amines) is 1. The molecule has 8 nitrogen and oxygen atoms in total. The highest BCUT2D eigenvalue weighted by Crippen LogP contribution is 2.32. The third-order valence-corrected chi connectivity index (χ3v) is 10.0. The van der Waals surface area contributed by atoms with Gasteiger partial charge in [0.2, 0.25) is 0 Å². The van der Waals surface area contributed by atoms with E-state index < -0.39 is 5.60 Å². The van der Waals surface area contributed by atoms with Crippen molar-refractivity contribution in [1.29, 1.82) is 0 Å². The Morgan fingerprint density at radius 2 is 1.73 bits per heavy atom. The van der Waals surface area contributed by atoms with Gasteiger partial charge in [-0.15, -0.1) is 11.3 Å². The van der Waals surface area contributed by atoms with Gasteiger partial charge in [-0.25, -0.2) is 9.78 Å². The second kappa shape index (κ2) is 15.4. The zero-order valence-corrected chi connectivity index (χ0v) is 28.8. The van der Waals surface area contributed by atoms with Gasteiger partial charge >= 0.3 is 6.09 Å². The maximum atomic E-state index is 12.4. The molecule has 1 amide bonds. The number of carbonyl (C=O) groups is 1.